The van der Waals surface area contributed by atoms with Crippen molar-refractivity contribution in [3.05, 3.63) is 29.8 Å². The van der Waals surface area contributed by atoms with Crippen molar-refractivity contribution in [1.82, 2.24) is 0 Å². The first kappa shape index (κ1) is 41.0. The van der Waals surface area contributed by atoms with Crippen LogP contribution in [0.4, 0.5) is 0 Å². The highest BCUT2D eigenvalue weighted by Crippen LogP contribution is 2.14. The van der Waals surface area contributed by atoms with E-state index in [0.29, 0.717) is 52.9 Å². The molecule has 0 unspecified atom stereocenters. The van der Waals surface area contributed by atoms with Gasteiger partial charge in [0.05, 0.1) is 71.0 Å². The topological polar surface area (TPSA) is 89.5 Å². The van der Waals surface area contributed by atoms with E-state index in [1.165, 1.54) is 108 Å². The minimum atomic E-state index is -3.75. The lowest BCUT2D eigenvalue weighted by atomic mass is 10.0. The largest absolute Gasteiger partial charge is 0.379 e. The van der Waals surface area contributed by atoms with Crippen LogP contribution in [-0.2, 0) is 38.0 Å². The number of ether oxygens (including phenoxy) is 5. The first-order chi connectivity index (χ1) is 21.6. The third-order valence-electron chi connectivity index (χ3n) is 7.41. The monoisotopic (exact) mass is 644 g/mol. The second-order valence-electron chi connectivity index (χ2n) is 11.5. The van der Waals surface area contributed by atoms with Crippen LogP contribution in [0.3, 0.4) is 0 Å². The summed E-state index contributed by atoms with van der Waals surface area (Å²) in [6.45, 7) is 9.12. The van der Waals surface area contributed by atoms with Crippen molar-refractivity contribution < 1.29 is 36.3 Å². The van der Waals surface area contributed by atoms with Gasteiger partial charge in [-0.3, -0.25) is 4.18 Å². The molecule has 0 fully saturated rings. The zero-order valence-electron chi connectivity index (χ0n) is 28.1. The molecule has 0 heterocycles. The summed E-state index contributed by atoms with van der Waals surface area (Å²) in [5, 5.41) is 0. The molecule has 1 rings (SSSR count). The van der Waals surface area contributed by atoms with Crippen molar-refractivity contribution >= 4 is 10.1 Å². The Balaban J connectivity index is 1.69. The Morgan fingerprint density at radius 2 is 0.750 bits per heavy atom. The maximum Gasteiger partial charge on any atom is 0.297 e. The third kappa shape index (κ3) is 26.2. The van der Waals surface area contributed by atoms with Gasteiger partial charge in [-0.25, -0.2) is 0 Å². The highest BCUT2D eigenvalue weighted by molar-refractivity contribution is 7.86. The normalized spacial score (nSPS) is 11.9. The second kappa shape index (κ2) is 30.6. The number of hydrogen-bond donors (Lipinski definition) is 0. The molecule has 0 N–H and O–H groups in total. The molecule has 1 aromatic carbocycles. The van der Waals surface area contributed by atoms with E-state index in [0.717, 1.165) is 18.6 Å². The molecule has 258 valence electrons. The third-order valence-corrected chi connectivity index (χ3v) is 8.73. The SMILES string of the molecule is CCCCCCCCCCCCCCCCCCOCCOCCOCCOCCOCCOS(=O)(=O)c1ccc(C)cc1. The van der Waals surface area contributed by atoms with Crippen LogP contribution in [0.1, 0.15) is 115 Å². The van der Waals surface area contributed by atoms with E-state index in [2.05, 4.69) is 6.92 Å². The van der Waals surface area contributed by atoms with Crippen LogP contribution >= 0.6 is 0 Å². The summed E-state index contributed by atoms with van der Waals surface area (Å²) in [4.78, 5) is 0.144. The van der Waals surface area contributed by atoms with Gasteiger partial charge in [0.2, 0.25) is 0 Å². The molecule has 1 aromatic rings. The fraction of sp³-hybridized carbons (Fsp3) is 0.829. The molecule has 0 spiro atoms. The molecular formula is C35H64O8S. The molecule has 0 saturated heterocycles. The molecular weight excluding hydrogens is 580 g/mol. The predicted octanol–water partition coefficient (Wildman–Crippen LogP) is 8.04. The molecule has 8 nitrogen and oxygen atoms in total. The van der Waals surface area contributed by atoms with E-state index in [1.54, 1.807) is 12.1 Å². The number of unbranched alkanes of at least 4 members (excludes halogenated alkanes) is 15. The van der Waals surface area contributed by atoms with E-state index in [1.807, 2.05) is 6.92 Å². The Morgan fingerprint density at radius 3 is 1.14 bits per heavy atom. The van der Waals surface area contributed by atoms with Gasteiger partial charge in [0.1, 0.15) is 0 Å². The van der Waals surface area contributed by atoms with Gasteiger partial charge in [-0.1, -0.05) is 121 Å². The van der Waals surface area contributed by atoms with Gasteiger partial charge < -0.3 is 23.7 Å². The lowest BCUT2D eigenvalue weighted by Gasteiger charge is -2.08. The van der Waals surface area contributed by atoms with Crippen LogP contribution in [0, 0.1) is 6.92 Å². The summed E-state index contributed by atoms with van der Waals surface area (Å²) >= 11 is 0. The van der Waals surface area contributed by atoms with Gasteiger partial charge in [0.15, 0.2) is 0 Å². The van der Waals surface area contributed by atoms with E-state index in [4.69, 9.17) is 27.9 Å². The van der Waals surface area contributed by atoms with Gasteiger partial charge >= 0.3 is 0 Å². The van der Waals surface area contributed by atoms with Crippen LogP contribution in [0.2, 0.25) is 0 Å². The maximum absolute atomic E-state index is 12.1. The zero-order chi connectivity index (χ0) is 31.8. The Morgan fingerprint density at radius 1 is 0.432 bits per heavy atom. The average Bonchev–Trinajstić information content (AvgIpc) is 3.02. The Labute approximate surface area is 270 Å². The summed E-state index contributed by atoms with van der Waals surface area (Å²) in [5.41, 5.74) is 0.988. The number of aryl methyl sites for hydroxylation is 1. The fourth-order valence-electron chi connectivity index (χ4n) is 4.71. The molecule has 0 aliphatic heterocycles. The van der Waals surface area contributed by atoms with Crippen molar-refractivity contribution in [3.63, 3.8) is 0 Å². The van der Waals surface area contributed by atoms with Crippen molar-refractivity contribution in [2.75, 3.05) is 72.7 Å². The van der Waals surface area contributed by atoms with Crippen molar-refractivity contribution in [1.29, 1.82) is 0 Å². The fourth-order valence-corrected chi connectivity index (χ4v) is 5.60. The van der Waals surface area contributed by atoms with E-state index >= 15 is 0 Å². The van der Waals surface area contributed by atoms with E-state index < -0.39 is 10.1 Å². The van der Waals surface area contributed by atoms with Crippen LogP contribution in [-0.4, -0.2) is 81.1 Å². The summed E-state index contributed by atoms with van der Waals surface area (Å²) in [6.07, 6.45) is 22.1. The molecule has 0 atom stereocenters. The summed E-state index contributed by atoms with van der Waals surface area (Å²) in [7, 11) is -3.75. The zero-order valence-corrected chi connectivity index (χ0v) is 28.9. The minimum absolute atomic E-state index is 0.0378. The average molecular weight is 645 g/mol. The standard InChI is InChI=1S/C35H64O8S/c1-3-4-5-6-7-8-9-10-11-12-13-14-15-16-17-18-23-38-24-25-39-26-27-40-28-29-41-30-31-42-32-33-43-44(36,37)35-21-19-34(2)20-22-35/h19-22H,3-18,23-33H2,1-2H3. The van der Waals surface area contributed by atoms with Gasteiger partial charge in [0, 0.05) is 6.61 Å². The summed E-state index contributed by atoms with van der Waals surface area (Å²) in [6, 6.07) is 6.54. The van der Waals surface area contributed by atoms with Crippen LogP contribution < -0.4 is 0 Å². The molecule has 9 heteroatoms. The quantitative estimate of drug-likeness (QED) is 0.0550. The van der Waals surface area contributed by atoms with Crippen LogP contribution in [0.15, 0.2) is 29.2 Å². The van der Waals surface area contributed by atoms with Gasteiger partial charge in [-0.15, -0.1) is 0 Å². The van der Waals surface area contributed by atoms with Gasteiger partial charge in [-0.2, -0.15) is 8.42 Å². The summed E-state index contributed by atoms with van der Waals surface area (Å²) in [5.74, 6) is 0. The highest BCUT2D eigenvalue weighted by Gasteiger charge is 2.14. The summed E-state index contributed by atoms with van der Waals surface area (Å²) < 4.78 is 56.6. The Hall–Kier alpha value is -1.07. The van der Waals surface area contributed by atoms with Gasteiger partial charge in [-0.05, 0) is 25.5 Å². The number of benzene rings is 1. The van der Waals surface area contributed by atoms with Crippen LogP contribution in [0.25, 0.3) is 0 Å². The molecule has 0 saturated carbocycles. The minimum Gasteiger partial charge on any atom is -0.379 e. The molecule has 0 aromatic heterocycles. The molecule has 0 aliphatic carbocycles. The first-order valence-electron chi connectivity index (χ1n) is 17.4. The second-order valence-corrected chi connectivity index (χ2v) is 13.1. The Kier molecular flexibility index (Phi) is 28.5. The van der Waals surface area contributed by atoms with Crippen molar-refractivity contribution in [3.8, 4) is 0 Å². The van der Waals surface area contributed by atoms with Gasteiger partial charge in [0.25, 0.3) is 10.1 Å². The molecule has 0 radical (unpaired) electrons. The highest BCUT2D eigenvalue weighted by atomic mass is 32.2. The van der Waals surface area contributed by atoms with Crippen molar-refractivity contribution in [2.45, 2.75) is 121 Å². The van der Waals surface area contributed by atoms with Crippen LogP contribution in [0.5, 0.6) is 0 Å². The maximum atomic E-state index is 12.1. The smallest absolute Gasteiger partial charge is 0.297 e. The van der Waals surface area contributed by atoms with E-state index in [9.17, 15) is 8.42 Å². The first-order valence-corrected chi connectivity index (χ1v) is 18.8. The van der Waals surface area contributed by atoms with E-state index in [-0.39, 0.29) is 18.1 Å². The lowest BCUT2D eigenvalue weighted by molar-refractivity contribution is -0.0127. The molecule has 0 aliphatic rings. The lowest BCUT2D eigenvalue weighted by Crippen LogP contribution is -2.15. The molecule has 0 bridgehead atoms. The number of rotatable bonds is 34. The molecule has 44 heavy (non-hydrogen) atoms. The number of hydrogen-bond acceptors (Lipinski definition) is 8. The predicted molar refractivity (Wildman–Crippen MR) is 178 cm³/mol. The Bertz CT molecular complexity index is 832. The molecule has 0 amide bonds. The van der Waals surface area contributed by atoms with Crippen molar-refractivity contribution in [2.24, 2.45) is 0 Å².